The molecule has 27 heavy (non-hydrogen) atoms. The van der Waals surface area contributed by atoms with Gasteiger partial charge in [0, 0.05) is 30.7 Å². The quantitative estimate of drug-likeness (QED) is 0.663. The third kappa shape index (κ3) is 4.19. The fraction of sp³-hybridized carbons (Fsp3) is 0.364. The summed E-state index contributed by atoms with van der Waals surface area (Å²) in [6.07, 6.45) is 9.38. The summed E-state index contributed by atoms with van der Waals surface area (Å²) in [4.78, 5) is 7.18. The molecule has 0 amide bonds. The molecule has 1 atom stereocenters. The van der Waals surface area contributed by atoms with Crippen LogP contribution in [0.5, 0.6) is 5.75 Å². The lowest BCUT2D eigenvalue weighted by molar-refractivity contribution is 0.137. The molecule has 0 aliphatic carbocycles. The molecule has 0 radical (unpaired) electrons. The van der Waals surface area contributed by atoms with Gasteiger partial charge in [0.05, 0.1) is 25.4 Å². The molecule has 3 heterocycles. The van der Waals surface area contributed by atoms with Gasteiger partial charge < -0.3 is 4.74 Å². The van der Waals surface area contributed by atoms with Crippen LogP contribution in [-0.2, 0) is 13.1 Å². The third-order valence-electron chi connectivity index (χ3n) is 5.26. The molecule has 0 N–H and O–H groups in total. The Hall–Kier alpha value is -2.66. The molecule has 0 unspecified atom stereocenters. The molecule has 0 spiro atoms. The van der Waals surface area contributed by atoms with E-state index in [1.165, 1.54) is 30.5 Å². The summed E-state index contributed by atoms with van der Waals surface area (Å²) in [5, 5.41) is 4.33. The minimum atomic E-state index is 0.400. The van der Waals surface area contributed by atoms with E-state index in [1.807, 2.05) is 35.4 Å². The highest BCUT2D eigenvalue weighted by Crippen LogP contribution is 2.31. The molecule has 140 valence electrons. The van der Waals surface area contributed by atoms with E-state index in [0.29, 0.717) is 12.6 Å². The Labute approximate surface area is 160 Å². The van der Waals surface area contributed by atoms with E-state index in [0.717, 1.165) is 24.4 Å². The van der Waals surface area contributed by atoms with E-state index < -0.39 is 0 Å². The van der Waals surface area contributed by atoms with E-state index >= 15 is 0 Å². The molecule has 1 aliphatic heterocycles. The maximum absolute atomic E-state index is 5.56. The Morgan fingerprint density at radius 3 is 2.81 bits per heavy atom. The topological polar surface area (TPSA) is 43.2 Å². The van der Waals surface area contributed by atoms with Crippen molar-refractivity contribution >= 4 is 0 Å². The second-order valence-electron chi connectivity index (χ2n) is 7.09. The molecule has 4 rings (SSSR count). The molecule has 0 saturated carbocycles. The number of benzene rings is 1. The Morgan fingerprint density at radius 1 is 1.07 bits per heavy atom. The number of rotatable bonds is 6. The average Bonchev–Trinajstić information content (AvgIpc) is 3.22. The van der Waals surface area contributed by atoms with Gasteiger partial charge in [-0.1, -0.05) is 18.6 Å². The number of hydrogen-bond donors (Lipinski definition) is 0. The van der Waals surface area contributed by atoms with Crippen LogP contribution in [0.1, 0.15) is 42.1 Å². The van der Waals surface area contributed by atoms with Gasteiger partial charge in [-0.05, 0) is 55.3 Å². The predicted molar refractivity (Wildman–Crippen MR) is 106 cm³/mol. The second-order valence-corrected chi connectivity index (χ2v) is 7.09. The zero-order chi connectivity index (χ0) is 18.5. The van der Waals surface area contributed by atoms with Crippen molar-refractivity contribution in [3.05, 3.63) is 77.9 Å². The molecule has 1 fully saturated rings. The highest BCUT2D eigenvalue weighted by Gasteiger charge is 2.25. The molecule has 0 bridgehead atoms. The molecule has 5 nitrogen and oxygen atoms in total. The van der Waals surface area contributed by atoms with Crippen molar-refractivity contribution in [2.45, 2.75) is 38.4 Å². The standard InChI is InChI=1S/C22H26N4O/c1-27-22-10-9-18(15-19(22)17-26-14-6-12-24-26)16-25-13-5-3-8-21(25)20-7-2-4-11-23-20/h2,4,6-7,9-12,14-15,21H,3,5,8,13,16-17H2,1H3/t21-/m0/s1. The molecular weight excluding hydrogens is 336 g/mol. The molecule has 1 aliphatic rings. The lowest BCUT2D eigenvalue weighted by Gasteiger charge is -2.35. The largest absolute Gasteiger partial charge is 0.496 e. The smallest absolute Gasteiger partial charge is 0.123 e. The van der Waals surface area contributed by atoms with E-state index in [9.17, 15) is 0 Å². The van der Waals surface area contributed by atoms with Crippen molar-refractivity contribution < 1.29 is 4.74 Å². The van der Waals surface area contributed by atoms with Gasteiger partial charge in [0.25, 0.3) is 0 Å². The van der Waals surface area contributed by atoms with Gasteiger partial charge in [0.15, 0.2) is 0 Å². The zero-order valence-corrected chi connectivity index (χ0v) is 15.8. The van der Waals surface area contributed by atoms with Crippen LogP contribution in [0.3, 0.4) is 0 Å². The Bertz CT molecular complexity index is 848. The van der Waals surface area contributed by atoms with E-state index in [2.05, 4.69) is 45.3 Å². The minimum Gasteiger partial charge on any atom is -0.496 e. The van der Waals surface area contributed by atoms with Crippen molar-refractivity contribution in [3.63, 3.8) is 0 Å². The summed E-state index contributed by atoms with van der Waals surface area (Å²) in [5.74, 6) is 0.911. The van der Waals surface area contributed by atoms with E-state index in [4.69, 9.17) is 4.74 Å². The Morgan fingerprint density at radius 2 is 2.04 bits per heavy atom. The molecule has 1 aromatic carbocycles. The number of pyridine rings is 1. The van der Waals surface area contributed by atoms with Crippen LogP contribution in [0.4, 0.5) is 0 Å². The van der Waals surface area contributed by atoms with Crippen molar-refractivity contribution in [3.8, 4) is 5.75 Å². The number of hydrogen-bond acceptors (Lipinski definition) is 4. The van der Waals surface area contributed by atoms with Crippen LogP contribution >= 0.6 is 0 Å². The first-order valence-corrected chi connectivity index (χ1v) is 9.61. The monoisotopic (exact) mass is 362 g/mol. The van der Waals surface area contributed by atoms with Crippen LogP contribution in [0.2, 0.25) is 0 Å². The first kappa shape index (κ1) is 17.7. The summed E-state index contributed by atoms with van der Waals surface area (Å²) >= 11 is 0. The molecule has 3 aromatic rings. The predicted octanol–water partition coefficient (Wildman–Crippen LogP) is 4.06. The highest BCUT2D eigenvalue weighted by molar-refractivity contribution is 5.37. The van der Waals surface area contributed by atoms with Crippen molar-refractivity contribution in [1.29, 1.82) is 0 Å². The number of methoxy groups -OCH3 is 1. The summed E-state index contributed by atoms with van der Waals surface area (Å²) < 4.78 is 7.49. The summed E-state index contributed by atoms with van der Waals surface area (Å²) in [7, 11) is 1.73. The van der Waals surface area contributed by atoms with Crippen LogP contribution in [0, 0.1) is 0 Å². The molecule has 5 heteroatoms. The van der Waals surface area contributed by atoms with Crippen LogP contribution in [0.15, 0.2) is 61.1 Å². The number of likely N-dealkylation sites (tertiary alicyclic amines) is 1. The zero-order valence-electron chi connectivity index (χ0n) is 15.8. The van der Waals surface area contributed by atoms with Crippen LogP contribution in [0.25, 0.3) is 0 Å². The lowest BCUT2D eigenvalue weighted by Crippen LogP contribution is -2.33. The van der Waals surface area contributed by atoms with Gasteiger partial charge in [0.1, 0.15) is 5.75 Å². The Balaban J connectivity index is 1.55. The fourth-order valence-electron chi connectivity index (χ4n) is 3.95. The van der Waals surface area contributed by atoms with Gasteiger partial charge in [-0.3, -0.25) is 14.6 Å². The minimum absolute atomic E-state index is 0.400. The normalized spacial score (nSPS) is 17.7. The van der Waals surface area contributed by atoms with Gasteiger partial charge >= 0.3 is 0 Å². The van der Waals surface area contributed by atoms with Crippen molar-refractivity contribution in [2.75, 3.05) is 13.7 Å². The van der Waals surface area contributed by atoms with Crippen LogP contribution in [-0.4, -0.2) is 33.3 Å². The number of piperidine rings is 1. The van der Waals surface area contributed by atoms with E-state index in [1.54, 1.807) is 7.11 Å². The summed E-state index contributed by atoms with van der Waals surface area (Å²) in [5.41, 5.74) is 3.65. The van der Waals surface area contributed by atoms with Gasteiger partial charge in [-0.15, -0.1) is 0 Å². The number of ether oxygens (including phenoxy) is 1. The van der Waals surface area contributed by atoms with Gasteiger partial charge in [-0.2, -0.15) is 5.10 Å². The van der Waals surface area contributed by atoms with Gasteiger partial charge in [-0.25, -0.2) is 0 Å². The maximum atomic E-state index is 5.56. The van der Waals surface area contributed by atoms with Crippen LogP contribution < -0.4 is 4.74 Å². The average molecular weight is 362 g/mol. The number of aromatic nitrogens is 3. The summed E-state index contributed by atoms with van der Waals surface area (Å²) in [6, 6.07) is 15.1. The van der Waals surface area contributed by atoms with Crippen molar-refractivity contribution in [2.24, 2.45) is 0 Å². The van der Waals surface area contributed by atoms with Gasteiger partial charge in [0.2, 0.25) is 0 Å². The Kier molecular flexibility index (Phi) is 5.49. The lowest BCUT2D eigenvalue weighted by atomic mass is 9.97. The maximum Gasteiger partial charge on any atom is 0.123 e. The van der Waals surface area contributed by atoms with E-state index in [-0.39, 0.29) is 0 Å². The summed E-state index contributed by atoms with van der Waals surface area (Å²) in [6.45, 7) is 2.76. The number of nitrogens with zero attached hydrogens (tertiary/aromatic N) is 4. The molecule has 2 aromatic heterocycles. The SMILES string of the molecule is COc1ccc(CN2CCCC[C@H]2c2ccccn2)cc1Cn1cccn1. The first-order valence-electron chi connectivity index (χ1n) is 9.61. The highest BCUT2D eigenvalue weighted by atomic mass is 16.5. The molecular formula is C22H26N4O. The van der Waals surface area contributed by atoms with Crippen molar-refractivity contribution in [1.82, 2.24) is 19.7 Å². The molecule has 1 saturated heterocycles. The second kappa shape index (κ2) is 8.35. The third-order valence-corrected chi connectivity index (χ3v) is 5.26. The fourth-order valence-corrected chi connectivity index (χ4v) is 3.95. The first-order chi connectivity index (χ1) is 13.3.